The fourth-order valence-corrected chi connectivity index (χ4v) is 5.10. The highest BCUT2D eigenvalue weighted by Crippen LogP contribution is 2.25. The fourth-order valence-electron chi connectivity index (χ4n) is 3.66. The second-order valence-corrected chi connectivity index (χ2v) is 12.7. The summed E-state index contributed by atoms with van der Waals surface area (Å²) in [5, 5.41) is 18.5. The molecule has 2 aromatic carbocycles. The number of primary sulfonamides is 2. The fraction of sp³-hybridized carbons (Fsp3) is 0.231. The van der Waals surface area contributed by atoms with Crippen LogP contribution in [-0.2, 0) is 29.5 Å². The molecule has 19 heteroatoms. The molecule has 45 heavy (non-hydrogen) atoms. The van der Waals surface area contributed by atoms with Crippen molar-refractivity contribution in [1.82, 2.24) is 19.6 Å². The summed E-state index contributed by atoms with van der Waals surface area (Å²) in [6.45, 7) is 7.50. The number of sulfonamides is 2. The first kappa shape index (κ1) is 38.2. The Morgan fingerprint density at radius 3 is 1.60 bits per heavy atom. The first-order valence-electron chi connectivity index (χ1n) is 12.6. The molecule has 0 radical (unpaired) electrons. The molecule has 0 amide bonds. The molecule has 4 aromatic rings. The third kappa shape index (κ3) is 10.0. The number of aryl methyl sites for hydroxylation is 1. The lowest BCUT2D eigenvalue weighted by Crippen LogP contribution is -2.12. The molecule has 0 aliphatic rings. The Bertz CT molecular complexity index is 1860. The molecule has 0 unspecified atom stereocenters. The summed E-state index contributed by atoms with van der Waals surface area (Å²) in [4.78, 5) is 23.5. The number of esters is 2. The molecule has 0 spiro atoms. The van der Waals surface area contributed by atoms with Crippen LogP contribution >= 0.6 is 44.2 Å². The highest BCUT2D eigenvalue weighted by molar-refractivity contribution is 9.93. The van der Waals surface area contributed by atoms with Crippen molar-refractivity contribution in [2.75, 3.05) is 13.2 Å². The zero-order valence-corrected chi connectivity index (χ0v) is 30.7. The van der Waals surface area contributed by atoms with Crippen LogP contribution < -0.4 is 10.3 Å². The summed E-state index contributed by atoms with van der Waals surface area (Å²) in [7, 11) is -7.48. The van der Waals surface area contributed by atoms with Crippen LogP contribution in [0, 0.1) is 13.8 Å². The maximum absolute atomic E-state index is 11.8. The van der Waals surface area contributed by atoms with Crippen molar-refractivity contribution in [3.05, 3.63) is 81.8 Å². The second-order valence-electron chi connectivity index (χ2n) is 8.76. The van der Waals surface area contributed by atoms with Crippen LogP contribution in [-0.4, -0.2) is 61.5 Å². The molecule has 244 valence electrons. The lowest BCUT2D eigenvalue weighted by Gasteiger charge is -2.05. The summed E-state index contributed by atoms with van der Waals surface area (Å²) in [5.41, 5.74) is 2.99. The van der Waals surface area contributed by atoms with E-state index in [0.29, 0.717) is 21.5 Å². The molecule has 2 aromatic heterocycles. The number of ether oxygens (including phenoxy) is 2. The maximum atomic E-state index is 11.8. The minimum absolute atomic E-state index is 0.00532. The van der Waals surface area contributed by atoms with E-state index in [1.807, 2.05) is 0 Å². The maximum Gasteiger partial charge on any atom is 0.360 e. The van der Waals surface area contributed by atoms with E-state index in [2.05, 4.69) is 54.4 Å². The molecule has 14 nitrogen and oxygen atoms in total. The summed E-state index contributed by atoms with van der Waals surface area (Å²) < 4.78 is 58.3. The average Bonchev–Trinajstić information content (AvgIpc) is 3.53. The predicted molar refractivity (Wildman–Crippen MR) is 177 cm³/mol. The van der Waals surface area contributed by atoms with Gasteiger partial charge >= 0.3 is 11.9 Å². The number of hydrogen-bond donors (Lipinski definition) is 2. The van der Waals surface area contributed by atoms with Gasteiger partial charge in [-0.2, -0.15) is 10.2 Å². The van der Waals surface area contributed by atoms with Crippen molar-refractivity contribution in [2.24, 2.45) is 10.3 Å². The molecule has 0 bridgehead atoms. The third-order valence-electron chi connectivity index (χ3n) is 5.70. The largest absolute Gasteiger partial charge is 0.461 e. The number of carbonyl (C=O) groups excluding carboxylic acids is 2. The van der Waals surface area contributed by atoms with Gasteiger partial charge in [-0.15, -0.1) is 0 Å². The number of aromatic nitrogens is 4. The first-order valence-corrected chi connectivity index (χ1v) is 20.2. The first-order chi connectivity index (χ1) is 21.1. The SMILES string of the molecule is BrBr.CCOC(=O)c1cc(C)n(-c2ccc(S(N)(=O)=O)cc2)n1.CCOC(=O)c1nn(-c2ccc(S(N)(=O)=O)cc2)c(C)c1Br. The summed E-state index contributed by atoms with van der Waals surface area (Å²) >= 11 is 8.82. The van der Waals surface area contributed by atoms with Gasteiger partial charge in [-0.25, -0.2) is 46.1 Å². The van der Waals surface area contributed by atoms with Gasteiger partial charge in [-0.05, 0) is 98.2 Å². The minimum Gasteiger partial charge on any atom is -0.461 e. The van der Waals surface area contributed by atoms with Gasteiger partial charge in [-0.3, -0.25) is 0 Å². The van der Waals surface area contributed by atoms with Gasteiger partial charge in [0.1, 0.15) is 0 Å². The van der Waals surface area contributed by atoms with E-state index in [9.17, 15) is 26.4 Å². The number of carbonyl (C=O) groups is 2. The van der Waals surface area contributed by atoms with Gasteiger partial charge in [0.2, 0.25) is 20.0 Å². The number of nitrogens with two attached hydrogens (primary N) is 2. The molecule has 0 saturated carbocycles. The Kier molecular flexibility index (Phi) is 14.1. The topological polar surface area (TPSA) is 209 Å². The smallest absolute Gasteiger partial charge is 0.360 e. The van der Waals surface area contributed by atoms with Crippen LogP contribution in [0.3, 0.4) is 0 Å². The zero-order chi connectivity index (χ0) is 34.1. The van der Waals surface area contributed by atoms with Gasteiger partial charge < -0.3 is 9.47 Å². The summed E-state index contributed by atoms with van der Waals surface area (Å²) in [5.74, 6) is -1.03. The van der Waals surface area contributed by atoms with E-state index in [4.69, 9.17) is 19.8 Å². The molecular weight excluding hydrogens is 828 g/mol. The van der Waals surface area contributed by atoms with E-state index >= 15 is 0 Å². The molecule has 4 rings (SSSR count). The number of rotatable bonds is 8. The highest BCUT2D eigenvalue weighted by Gasteiger charge is 2.21. The normalized spacial score (nSPS) is 11.0. The molecule has 4 N–H and O–H groups in total. The van der Waals surface area contributed by atoms with Crippen molar-refractivity contribution in [2.45, 2.75) is 37.5 Å². The van der Waals surface area contributed by atoms with Crippen molar-refractivity contribution in [3.63, 3.8) is 0 Å². The van der Waals surface area contributed by atoms with Gasteiger partial charge in [0.25, 0.3) is 0 Å². The predicted octanol–water partition coefficient (Wildman–Crippen LogP) is 4.46. The molecule has 2 heterocycles. The number of halogens is 3. The highest BCUT2D eigenvalue weighted by atomic mass is 80.9. The summed E-state index contributed by atoms with van der Waals surface area (Å²) in [6, 6.07) is 13.4. The molecule has 0 aliphatic heterocycles. The lowest BCUT2D eigenvalue weighted by molar-refractivity contribution is 0.0509. The molecule has 0 saturated heterocycles. The lowest BCUT2D eigenvalue weighted by atomic mass is 10.3. The van der Waals surface area contributed by atoms with E-state index in [1.165, 1.54) is 33.6 Å². The monoisotopic (exact) mass is 854 g/mol. The third-order valence-corrected chi connectivity index (χ3v) is 8.51. The molecule has 0 aliphatic carbocycles. The van der Waals surface area contributed by atoms with E-state index in [0.717, 1.165) is 5.69 Å². The molecule has 0 fully saturated rings. The minimum atomic E-state index is -3.75. The molecular formula is C26H29Br3N6O8S2. The Labute approximate surface area is 284 Å². The quantitative estimate of drug-likeness (QED) is 0.238. The Balaban J connectivity index is 0.000000297. The van der Waals surface area contributed by atoms with Gasteiger partial charge in [-0.1, -0.05) is 0 Å². The van der Waals surface area contributed by atoms with Crippen molar-refractivity contribution in [3.8, 4) is 11.4 Å². The number of hydrogen-bond acceptors (Lipinski definition) is 10. The van der Waals surface area contributed by atoms with E-state index < -0.39 is 32.0 Å². The number of benzene rings is 2. The van der Waals surface area contributed by atoms with Crippen molar-refractivity contribution in [1.29, 1.82) is 0 Å². The second kappa shape index (κ2) is 16.6. The van der Waals surface area contributed by atoms with Crippen LogP contribution in [0.5, 0.6) is 0 Å². The molecule has 0 atom stereocenters. The Morgan fingerprint density at radius 1 is 0.756 bits per heavy atom. The van der Waals surface area contributed by atoms with Crippen molar-refractivity contribution < 1.29 is 35.9 Å². The average molecular weight is 857 g/mol. The zero-order valence-electron chi connectivity index (χ0n) is 24.3. The Hall–Kier alpha value is -2.94. The van der Waals surface area contributed by atoms with Crippen LogP contribution in [0.15, 0.2) is 68.9 Å². The van der Waals surface area contributed by atoms with E-state index in [-0.39, 0.29) is 34.4 Å². The number of nitrogens with zero attached hydrogens (tertiary/aromatic N) is 4. The Morgan fingerprint density at radius 2 is 1.18 bits per heavy atom. The van der Waals surface area contributed by atoms with Crippen LogP contribution in [0.25, 0.3) is 11.4 Å². The summed E-state index contributed by atoms with van der Waals surface area (Å²) in [6.07, 6.45) is 0. The van der Waals surface area contributed by atoms with Gasteiger partial charge in [0.15, 0.2) is 11.4 Å². The standard InChI is InChI=1S/C13H14BrN3O4S.C13H15N3O4S.Br2/c1-3-21-13(18)12-11(14)8(2)17(16-12)9-4-6-10(7-5-9)22(15,19)20;1-3-20-13(17)12-8-9(2)16(15-12)10-4-6-11(7-5-10)21(14,18)19;1-2/h4-7H,3H2,1-2H3,(H2,15,19,20);4-8H,3H2,1-2H3,(H2,14,18,19);. The van der Waals surface area contributed by atoms with Crippen LogP contribution in [0.1, 0.15) is 46.2 Å². The van der Waals surface area contributed by atoms with Crippen molar-refractivity contribution >= 4 is 76.2 Å². The van der Waals surface area contributed by atoms with E-state index in [1.54, 1.807) is 58.0 Å². The van der Waals surface area contributed by atoms with Gasteiger partial charge in [0, 0.05) is 33.9 Å². The van der Waals surface area contributed by atoms with Crippen LogP contribution in [0.4, 0.5) is 0 Å². The van der Waals surface area contributed by atoms with Gasteiger partial charge in [0.05, 0.1) is 44.5 Å². The van der Waals surface area contributed by atoms with Crippen LogP contribution in [0.2, 0.25) is 0 Å².